The Hall–Kier alpha value is -4.89. The molecule has 2 saturated heterocycles. The highest BCUT2D eigenvalue weighted by atomic mass is 19.3. The normalized spacial score (nSPS) is 31.4. The lowest BCUT2D eigenvalue weighted by Gasteiger charge is -2.60. The molecule has 8 aliphatic rings. The van der Waals surface area contributed by atoms with Gasteiger partial charge in [-0.2, -0.15) is 8.78 Å². The average Bonchev–Trinajstić information content (AvgIpc) is 3.97. The third-order valence-corrected chi connectivity index (χ3v) is 13.1. The third kappa shape index (κ3) is 12.1. The number of hydrogen-bond donors (Lipinski definition) is 0. The van der Waals surface area contributed by atoms with Crippen molar-refractivity contribution in [2.24, 2.45) is 41.4 Å². The molecule has 6 aliphatic carbocycles. The highest BCUT2D eigenvalue weighted by Gasteiger charge is 2.63. The van der Waals surface area contributed by atoms with Gasteiger partial charge in [-0.3, -0.25) is 4.79 Å². The molecule has 8 rings (SSSR count). The van der Waals surface area contributed by atoms with Crippen LogP contribution >= 0.6 is 0 Å². The lowest BCUT2D eigenvalue weighted by Crippen LogP contribution is -2.59. The molecule has 16 heteroatoms. The van der Waals surface area contributed by atoms with E-state index in [0.717, 1.165) is 37.2 Å². The second-order valence-corrected chi connectivity index (χ2v) is 19.1. The Bertz CT molecular complexity index is 1830. The summed E-state index contributed by atoms with van der Waals surface area (Å²) in [6.07, 6.45) is 7.52. The molecule has 0 amide bonds. The number of carbonyl (C=O) groups is 7. The zero-order valence-corrected chi connectivity index (χ0v) is 38.5. The van der Waals surface area contributed by atoms with E-state index in [1.165, 1.54) is 66.7 Å². The number of carbonyl (C=O) groups excluding carboxylic acids is 7. The maximum atomic E-state index is 13.9. The fourth-order valence-corrected chi connectivity index (χ4v) is 10.2. The number of cyclic esters (lactones) is 1. The highest BCUT2D eigenvalue weighted by molar-refractivity contribution is 5.89. The van der Waals surface area contributed by atoms with Gasteiger partial charge in [-0.05, 0) is 123 Å². The molecule has 2 aliphatic heterocycles. The predicted molar refractivity (Wildman–Crippen MR) is 227 cm³/mol. The van der Waals surface area contributed by atoms with E-state index in [1.807, 2.05) is 0 Å². The van der Waals surface area contributed by atoms with Crippen LogP contribution < -0.4 is 0 Å². The first kappa shape index (κ1) is 51.7. The molecule has 0 aromatic rings. The summed E-state index contributed by atoms with van der Waals surface area (Å²) in [5, 5.41) is 0. The minimum Gasteiger partial charge on any atom is -0.463 e. The SMILES string of the molecule is C=C(C)C(=O)OC(CC)C(F)(F)C(=O)OC(C)(C)C.C=C(C)C(=O)OC1(CC)C2CC3CC(C2)CC1C3.C=C(C)C(=O)OC1C2CC3C(=O)OC1C3C2.C=CC(=O)OC1CCOC1=O. The first-order valence-electron chi connectivity index (χ1n) is 22.2. The maximum absolute atomic E-state index is 13.9. The van der Waals surface area contributed by atoms with E-state index in [2.05, 4.69) is 52.2 Å². The Morgan fingerprint density at radius 1 is 0.812 bits per heavy atom. The molecule has 8 fully saturated rings. The van der Waals surface area contributed by atoms with Crippen molar-refractivity contribution in [1.82, 2.24) is 0 Å². The summed E-state index contributed by atoms with van der Waals surface area (Å²) in [6.45, 7) is 26.8. The van der Waals surface area contributed by atoms with E-state index in [4.69, 9.17) is 14.2 Å². The summed E-state index contributed by atoms with van der Waals surface area (Å²) >= 11 is 0. The Kier molecular flexibility index (Phi) is 16.9. The summed E-state index contributed by atoms with van der Waals surface area (Å²) in [5.74, 6) is -4.59. The van der Waals surface area contributed by atoms with Gasteiger partial charge in [0.15, 0.2) is 6.10 Å². The van der Waals surface area contributed by atoms with E-state index in [9.17, 15) is 42.3 Å². The summed E-state index contributed by atoms with van der Waals surface area (Å²) in [6, 6.07) is 0. The lowest BCUT2D eigenvalue weighted by atomic mass is 9.49. The fourth-order valence-electron chi connectivity index (χ4n) is 10.2. The summed E-state index contributed by atoms with van der Waals surface area (Å²) in [5.41, 5.74) is -0.292. The van der Waals surface area contributed by atoms with E-state index in [1.54, 1.807) is 13.8 Å². The Balaban J connectivity index is 0.000000190. The van der Waals surface area contributed by atoms with E-state index in [0.29, 0.717) is 41.9 Å². The molecule has 14 nitrogen and oxygen atoms in total. The molecule has 2 heterocycles. The summed E-state index contributed by atoms with van der Waals surface area (Å²) in [4.78, 5) is 78.9. The van der Waals surface area contributed by atoms with Crippen LogP contribution in [0.25, 0.3) is 0 Å². The highest BCUT2D eigenvalue weighted by Crippen LogP contribution is 2.61. The van der Waals surface area contributed by atoms with E-state index < -0.39 is 47.6 Å². The molecule has 0 aromatic carbocycles. The maximum Gasteiger partial charge on any atom is 0.381 e. The number of fused-ring (bicyclic) bond motifs is 1. The van der Waals surface area contributed by atoms with Crippen LogP contribution in [-0.2, 0) is 66.7 Å². The Morgan fingerprint density at radius 3 is 1.83 bits per heavy atom. The standard InChI is InChI=1S/C16H24O2.C13H20F2O4.C12H14O4.C7H8O4/c1-4-16(18-15(17)10(2)3)13-6-11-5-12(8-13)9-14(16)7-11;1-7-9(18-10(16)8(2)3)13(14,15)11(17)19-12(4,5)6;1-5(2)11(13)15-9-6-3-7-8(4-6)12(14)16-10(7)9;1-2-6(8)11-5-3-4-10-7(5)9/h11-14H,2,4-9H2,1,3H3;9H,2,7H2,1,3-6H3;6-10H,1,3-4H2,2H3;2,5H,1,3-4H2. The number of alkyl halides is 2. The van der Waals surface area contributed by atoms with Gasteiger partial charge in [0.1, 0.15) is 23.4 Å². The topological polar surface area (TPSA) is 184 Å². The van der Waals surface area contributed by atoms with Crippen molar-refractivity contribution >= 4 is 41.8 Å². The summed E-state index contributed by atoms with van der Waals surface area (Å²) in [7, 11) is 0. The van der Waals surface area contributed by atoms with Crippen molar-refractivity contribution in [2.75, 3.05) is 6.61 Å². The van der Waals surface area contributed by atoms with Crippen LogP contribution in [0.3, 0.4) is 0 Å². The zero-order chi connectivity index (χ0) is 48.1. The molecule has 6 bridgehead atoms. The van der Waals surface area contributed by atoms with Crippen LogP contribution in [0.2, 0.25) is 0 Å². The van der Waals surface area contributed by atoms with Crippen LogP contribution in [0.15, 0.2) is 49.1 Å². The van der Waals surface area contributed by atoms with Gasteiger partial charge in [-0.25, -0.2) is 28.8 Å². The monoisotopic (exact) mass is 904 g/mol. The second-order valence-electron chi connectivity index (χ2n) is 19.1. The van der Waals surface area contributed by atoms with Gasteiger partial charge >= 0.3 is 47.7 Å². The lowest BCUT2D eigenvalue weighted by molar-refractivity contribution is -0.207. The van der Waals surface area contributed by atoms with Gasteiger partial charge < -0.3 is 33.2 Å². The van der Waals surface area contributed by atoms with Gasteiger partial charge in [0, 0.05) is 41.1 Å². The first-order chi connectivity index (χ1) is 29.8. The average molecular weight is 905 g/mol. The van der Waals surface area contributed by atoms with Crippen molar-refractivity contribution in [3.63, 3.8) is 0 Å². The zero-order valence-electron chi connectivity index (χ0n) is 38.5. The molecule has 7 atom stereocenters. The third-order valence-electron chi connectivity index (χ3n) is 13.1. The molecule has 0 N–H and O–H groups in total. The van der Waals surface area contributed by atoms with Gasteiger partial charge in [0.05, 0.1) is 12.5 Å². The van der Waals surface area contributed by atoms with Crippen LogP contribution in [0.1, 0.15) is 120 Å². The van der Waals surface area contributed by atoms with E-state index in [-0.39, 0.29) is 59.5 Å². The molecule has 0 aromatic heterocycles. The van der Waals surface area contributed by atoms with Crippen LogP contribution in [0.5, 0.6) is 0 Å². The molecule has 0 spiro atoms. The fraction of sp³-hybridized carbons (Fsp3) is 0.688. The molecular weight excluding hydrogens is 839 g/mol. The minimum atomic E-state index is -3.90. The number of hydrogen-bond acceptors (Lipinski definition) is 14. The first-order valence-corrected chi connectivity index (χ1v) is 22.2. The second kappa shape index (κ2) is 21.0. The largest absolute Gasteiger partial charge is 0.463 e. The van der Waals surface area contributed by atoms with Crippen molar-refractivity contribution in [3.8, 4) is 0 Å². The van der Waals surface area contributed by atoms with Crippen LogP contribution in [0.4, 0.5) is 8.78 Å². The van der Waals surface area contributed by atoms with Gasteiger partial charge in [-0.15, -0.1) is 0 Å². The van der Waals surface area contributed by atoms with Gasteiger partial charge in [0.2, 0.25) is 6.10 Å². The van der Waals surface area contributed by atoms with Gasteiger partial charge in [-0.1, -0.05) is 40.2 Å². The number of rotatable bonds is 12. The predicted octanol–water partition coefficient (Wildman–Crippen LogP) is 7.66. The molecule has 6 saturated carbocycles. The number of halogens is 2. The smallest absolute Gasteiger partial charge is 0.381 e. The Morgan fingerprint density at radius 2 is 1.38 bits per heavy atom. The Labute approximate surface area is 374 Å². The van der Waals surface area contributed by atoms with Gasteiger partial charge in [0.25, 0.3) is 0 Å². The van der Waals surface area contributed by atoms with Crippen molar-refractivity contribution in [2.45, 2.75) is 161 Å². The molecule has 356 valence electrons. The molecule has 7 unspecified atom stereocenters. The van der Waals surface area contributed by atoms with E-state index >= 15 is 0 Å². The molecular formula is C48H66F2O14. The van der Waals surface area contributed by atoms with Crippen molar-refractivity contribution in [1.29, 1.82) is 0 Å². The van der Waals surface area contributed by atoms with Crippen molar-refractivity contribution in [3.05, 3.63) is 49.1 Å². The van der Waals surface area contributed by atoms with Crippen LogP contribution in [0, 0.1) is 41.4 Å². The van der Waals surface area contributed by atoms with Crippen molar-refractivity contribution < 1.29 is 75.5 Å². The number of esters is 7. The quantitative estimate of drug-likeness (QED) is 0.106. The number of ether oxygens (including phenoxy) is 7. The minimum absolute atomic E-state index is 0.0153. The van der Waals surface area contributed by atoms with Crippen LogP contribution in [-0.4, -0.2) is 89.9 Å². The molecule has 0 radical (unpaired) electrons. The molecule has 64 heavy (non-hydrogen) atoms. The summed E-state index contributed by atoms with van der Waals surface area (Å²) < 4.78 is 62.8.